The van der Waals surface area contributed by atoms with Gasteiger partial charge in [-0.15, -0.1) is 0 Å². The second-order valence-electron chi connectivity index (χ2n) is 6.29. The van der Waals surface area contributed by atoms with Crippen molar-refractivity contribution in [2.75, 3.05) is 6.54 Å². The number of benzene rings is 1. The van der Waals surface area contributed by atoms with Crippen LogP contribution in [0, 0.1) is 11.2 Å². The summed E-state index contributed by atoms with van der Waals surface area (Å²) in [6, 6.07) is 8.31. The number of aromatic nitrogens is 2. The number of carbonyl (C=O) groups excluding carboxylic acids is 1. The fourth-order valence-corrected chi connectivity index (χ4v) is 2.70. The zero-order chi connectivity index (χ0) is 16.3. The third kappa shape index (κ3) is 4.09. The van der Waals surface area contributed by atoms with Crippen molar-refractivity contribution < 1.29 is 9.18 Å². The summed E-state index contributed by atoms with van der Waals surface area (Å²) in [5, 5.41) is 9.84. The van der Waals surface area contributed by atoms with E-state index in [-0.39, 0.29) is 17.3 Å². The number of rotatable bonds is 6. The Kier molecular flexibility index (Phi) is 4.32. The number of nitrogens with zero attached hydrogens (tertiary/aromatic N) is 2. The van der Waals surface area contributed by atoms with Crippen LogP contribution < -0.4 is 10.6 Å². The van der Waals surface area contributed by atoms with Crippen LogP contribution in [0.5, 0.6) is 0 Å². The van der Waals surface area contributed by atoms with Crippen molar-refractivity contribution in [3.63, 3.8) is 0 Å². The number of urea groups is 1. The molecule has 6 heteroatoms. The highest BCUT2D eigenvalue weighted by molar-refractivity contribution is 5.73. The zero-order valence-electron chi connectivity index (χ0n) is 13.2. The molecule has 1 aromatic heterocycles. The molecule has 0 unspecified atom stereocenters. The first kappa shape index (κ1) is 15.5. The number of hydrogen-bond acceptors (Lipinski definition) is 2. The minimum absolute atomic E-state index is 0.127. The molecule has 0 aliphatic heterocycles. The van der Waals surface area contributed by atoms with E-state index in [9.17, 15) is 9.18 Å². The molecule has 1 fully saturated rings. The summed E-state index contributed by atoms with van der Waals surface area (Å²) in [4.78, 5) is 11.9. The van der Waals surface area contributed by atoms with Gasteiger partial charge in [0.1, 0.15) is 5.82 Å². The molecule has 5 nitrogen and oxygen atoms in total. The van der Waals surface area contributed by atoms with Crippen LogP contribution in [-0.2, 0) is 20.0 Å². The van der Waals surface area contributed by atoms with Crippen molar-refractivity contribution in [3.8, 4) is 0 Å². The molecule has 1 aliphatic rings. The van der Waals surface area contributed by atoms with Crippen molar-refractivity contribution >= 4 is 6.03 Å². The summed E-state index contributed by atoms with van der Waals surface area (Å²) in [5.41, 5.74) is 2.19. The highest BCUT2D eigenvalue weighted by Gasteiger charge is 2.42. The lowest BCUT2D eigenvalue weighted by molar-refractivity contribution is 0.237. The molecule has 0 atom stereocenters. The van der Waals surface area contributed by atoms with Crippen LogP contribution in [0.25, 0.3) is 0 Å². The summed E-state index contributed by atoms with van der Waals surface area (Å²) in [5.74, 6) is -0.216. The summed E-state index contributed by atoms with van der Waals surface area (Å²) >= 11 is 0. The molecule has 1 saturated carbocycles. The summed E-state index contributed by atoms with van der Waals surface area (Å²) in [7, 11) is 1.84. The first-order valence-electron chi connectivity index (χ1n) is 7.79. The van der Waals surface area contributed by atoms with Gasteiger partial charge in [0.2, 0.25) is 0 Å². The quantitative estimate of drug-likeness (QED) is 0.859. The minimum atomic E-state index is -0.216. The molecule has 2 amide bonds. The Bertz CT molecular complexity index is 676. The number of halogens is 1. The molecule has 0 spiro atoms. The molecule has 0 bridgehead atoms. The van der Waals surface area contributed by atoms with Gasteiger partial charge in [-0.25, -0.2) is 9.18 Å². The Morgan fingerprint density at radius 1 is 1.26 bits per heavy atom. The summed E-state index contributed by atoms with van der Waals surface area (Å²) in [6.07, 6.45) is 4.75. The molecule has 122 valence electrons. The molecular weight excluding hydrogens is 295 g/mol. The molecular formula is C17H21FN4O. The molecule has 0 saturated heterocycles. The van der Waals surface area contributed by atoms with E-state index in [0.29, 0.717) is 13.1 Å². The smallest absolute Gasteiger partial charge is 0.315 e. The van der Waals surface area contributed by atoms with Gasteiger partial charge in [-0.05, 0) is 48.4 Å². The van der Waals surface area contributed by atoms with Gasteiger partial charge in [-0.3, -0.25) is 4.68 Å². The Hall–Kier alpha value is -2.37. The largest absolute Gasteiger partial charge is 0.338 e. The van der Waals surface area contributed by atoms with Crippen LogP contribution in [0.1, 0.15) is 24.1 Å². The maximum atomic E-state index is 12.9. The summed E-state index contributed by atoms with van der Waals surface area (Å²) in [6.45, 7) is 1.09. The van der Waals surface area contributed by atoms with E-state index in [1.165, 1.54) is 12.1 Å². The predicted molar refractivity (Wildman–Crippen MR) is 85.2 cm³/mol. The standard InChI is InChI=1S/C17H21FN4O/c1-22-15(6-9-21-22)11-19-16(23)20-12-17(7-8-17)10-13-2-4-14(18)5-3-13/h2-6,9H,7-8,10-12H2,1H3,(H2,19,20,23). The van der Waals surface area contributed by atoms with Crippen LogP contribution in [0.3, 0.4) is 0 Å². The lowest BCUT2D eigenvalue weighted by Crippen LogP contribution is -2.39. The molecule has 23 heavy (non-hydrogen) atoms. The highest BCUT2D eigenvalue weighted by Crippen LogP contribution is 2.47. The molecule has 1 heterocycles. The molecule has 2 aromatic rings. The average Bonchev–Trinajstić information content (AvgIpc) is 3.18. The van der Waals surface area contributed by atoms with Crippen LogP contribution >= 0.6 is 0 Å². The molecule has 0 radical (unpaired) electrons. The van der Waals surface area contributed by atoms with Gasteiger partial charge in [-0.1, -0.05) is 12.1 Å². The second kappa shape index (κ2) is 6.40. The van der Waals surface area contributed by atoms with Crippen LogP contribution in [0.4, 0.5) is 9.18 Å². The number of carbonyl (C=O) groups is 1. The second-order valence-corrected chi connectivity index (χ2v) is 6.29. The van der Waals surface area contributed by atoms with Crippen LogP contribution in [0.15, 0.2) is 36.5 Å². The maximum absolute atomic E-state index is 12.9. The van der Waals surface area contributed by atoms with Crippen molar-refractivity contribution in [2.45, 2.75) is 25.8 Å². The van der Waals surface area contributed by atoms with Crippen molar-refractivity contribution in [1.82, 2.24) is 20.4 Å². The number of aryl methyl sites for hydroxylation is 1. The molecule has 1 aliphatic carbocycles. The van der Waals surface area contributed by atoms with E-state index < -0.39 is 0 Å². The van der Waals surface area contributed by atoms with Crippen molar-refractivity contribution in [3.05, 3.63) is 53.6 Å². The number of nitrogens with one attached hydrogen (secondary N) is 2. The Balaban J connectivity index is 1.45. The molecule has 2 N–H and O–H groups in total. The highest BCUT2D eigenvalue weighted by atomic mass is 19.1. The van der Waals surface area contributed by atoms with E-state index in [0.717, 1.165) is 30.5 Å². The van der Waals surface area contributed by atoms with Crippen LogP contribution in [0.2, 0.25) is 0 Å². The average molecular weight is 316 g/mol. The van der Waals surface area contributed by atoms with Gasteiger partial charge >= 0.3 is 6.03 Å². The van der Waals surface area contributed by atoms with Gasteiger partial charge in [0.15, 0.2) is 0 Å². The van der Waals surface area contributed by atoms with Gasteiger partial charge < -0.3 is 10.6 Å². The Morgan fingerprint density at radius 2 is 2.00 bits per heavy atom. The minimum Gasteiger partial charge on any atom is -0.338 e. The molecule has 1 aromatic carbocycles. The topological polar surface area (TPSA) is 59.0 Å². The maximum Gasteiger partial charge on any atom is 0.315 e. The lowest BCUT2D eigenvalue weighted by atomic mass is 9.96. The van der Waals surface area contributed by atoms with E-state index >= 15 is 0 Å². The van der Waals surface area contributed by atoms with Gasteiger partial charge in [0.05, 0.1) is 12.2 Å². The number of hydrogen-bond donors (Lipinski definition) is 2. The first-order valence-corrected chi connectivity index (χ1v) is 7.79. The fraction of sp³-hybridized carbons (Fsp3) is 0.412. The Labute approximate surface area is 134 Å². The third-order valence-corrected chi connectivity index (χ3v) is 4.43. The van der Waals surface area contributed by atoms with Crippen molar-refractivity contribution in [1.29, 1.82) is 0 Å². The predicted octanol–water partition coefficient (Wildman–Crippen LogP) is 2.38. The molecule has 3 rings (SSSR count). The number of amides is 2. The van der Waals surface area contributed by atoms with E-state index in [2.05, 4.69) is 15.7 Å². The van der Waals surface area contributed by atoms with E-state index in [1.807, 2.05) is 25.2 Å². The normalized spacial score (nSPS) is 15.2. The summed E-state index contributed by atoms with van der Waals surface area (Å²) < 4.78 is 14.7. The monoisotopic (exact) mass is 316 g/mol. The first-order chi connectivity index (χ1) is 11.1. The van der Waals surface area contributed by atoms with E-state index in [4.69, 9.17) is 0 Å². The SMILES string of the molecule is Cn1nccc1CNC(=O)NCC1(Cc2ccc(F)cc2)CC1. The third-order valence-electron chi connectivity index (χ3n) is 4.43. The lowest BCUT2D eigenvalue weighted by Gasteiger charge is -2.16. The van der Waals surface area contributed by atoms with Gasteiger partial charge in [0.25, 0.3) is 0 Å². The Morgan fingerprint density at radius 3 is 2.61 bits per heavy atom. The van der Waals surface area contributed by atoms with Gasteiger partial charge in [-0.2, -0.15) is 5.10 Å². The zero-order valence-corrected chi connectivity index (χ0v) is 13.2. The van der Waals surface area contributed by atoms with E-state index in [1.54, 1.807) is 10.9 Å². The fourth-order valence-electron chi connectivity index (χ4n) is 2.70. The van der Waals surface area contributed by atoms with Crippen LogP contribution in [-0.4, -0.2) is 22.4 Å². The van der Waals surface area contributed by atoms with Gasteiger partial charge in [0, 0.05) is 19.8 Å². The van der Waals surface area contributed by atoms with Crippen molar-refractivity contribution in [2.24, 2.45) is 12.5 Å².